The maximum absolute atomic E-state index is 13.2. The van der Waals surface area contributed by atoms with Crippen LogP contribution >= 0.6 is 11.6 Å². The molecular formula is C17H25ClN4O4S. The summed E-state index contributed by atoms with van der Waals surface area (Å²) in [7, 11) is -2.45. The smallest absolute Gasteiger partial charge is 0.313 e. The number of esters is 1. The number of carbonyl (C=O) groups is 1. The molecule has 3 unspecified atom stereocenters. The third-order valence-corrected chi connectivity index (χ3v) is 7.65. The van der Waals surface area contributed by atoms with Crippen molar-refractivity contribution in [2.75, 3.05) is 38.2 Å². The van der Waals surface area contributed by atoms with Crippen molar-refractivity contribution in [2.24, 2.45) is 5.92 Å². The van der Waals surface area contributed by atoms with Crippen molar-refractivity contribution in [2.45, 2.75) is 24.8 Å². The summed E-state index contributed by atoms with van der Waals surface area (Å²) < 4.78 is 32.6. The van der Waals surface area contributed by atoms with Crippen LogP contribution in [0.3, 0.4) is 0 Å². The summed E-state index contributed by atoms with van der Waals surface area (Å²) in [6, 6.07) is 7.22. The second-order valence-electron chi connectivity index (χ2n) is 6.66. The van der Waals surface area contributed by atoms with Gasteiger partial charge in [-0.05, 0) is 18.6 Å². The normalized spacial score (nSPS) is 26.9. The molecule has 0 amide bonds. The van der Waals surface area contributed by atoms with Crippen LogP contribution in [-0.4, -0.2) is 63.4 Å². The highest BCUT2D eigenvalue weighted by Crippen LogP contribution is 2.29. The van der Waals surface area contributed by atoms with Crippen LogP contribution in [0.15, 0.2) is 24.3 Å². The van der Waals surface area contributed by atoms with E-state index in [-0.39, 0.29) is 6.04 Å². The predicted octanol–water partition coefficient (Wildman–Crippen LogP) is 0.794. The first-order valence-corrected chi connectivity index (χ1v) is 10.9. The number of para-hydroxylation sites is 1. The van der Waals surface area contributed by atoms with E-state index in [1.54, 1.807) is 0 Å². The molecule has 2 N–H and O–H groups in total. The van der Waals surface area contributed by atoms with E-state index in [2.05, 4.69) is 15.8 Å². The number of sulfonamides is 1. The first-order chi connectivity index (χ1) is 12.9. The van der Waals surface area contributed by atoms with Gasteiger partial charge in [-0.1, -0.05) is 30.7 Å². The number of hydrazine groups is 1. The maximum Gasteiger partial charge on any atom is 0.313 e. The van der Waals surface area contributed by atoms with E-state index in [0.717, 1.165) is 5.69 Å². The molecule has 3 atom stereocenters. The van der Waals surface area contributed by atoms with Gasteiger partial charge in [0.05, 0.1) is 17.8 Å². The topological polar surface area (TPSA) is 91.0 Å². The zero-order chi connectivity index (χ0) is 19.6. The zero-order valence-corrected chi connectivity index (χ0v) is 17.0. The standard InChI is InChI=1S/C17H25ClN4O4S/c1-3-13-15(17(23)26-2)16(20-19-13)27(24,25)22-10-8-21(9-11-22)14-7-5-4-6-12(14)18/h4-7,13,15-16,19-20H,3,8-11H2,1-2H3. The highest BCUT2D eigenvalue weighted by Gasteiger charge is 2.50. The second-order valence-corrected chi connectivity index (χ2v) is 9.12. The fraction of sp³-hybridized carbons (Fsp3) is 0.588. The Morgan fingerprint density at radius 2 is 1.89 bits per heavy atom. The van der Waals surface area contributed by atoms with Gasteiger partial charge in [-0.25, -0.2) is 13.8 Å². The Morgan fingerprint density at radius 3 is 2.48 bits per heavy atom. The van der Waals surface area contributed by atoms with E-state index >= 15 is 0 Å². The molecule has 2 aliphatic heterocycles. The predicted molar refractivity (Wildman–Crippen MR) is 104 cm³/mol. The molecule has 0 bridgehead atoms. The van der Waals surface area contributed by atoms with E-state index in [9.17, 15) is 13.2 Å². The molecule has 0 spiro atoms. The van der Waals surface area contributed by atoms with Gasteiger partial charge >= 0.3 is 5.97 Å². The number of benzene rings is 1. The highest BCUT2D eigenvalue weighted by molar-refractivity contribution is 7.89. The summed E-state index contributed by atoms with van der Waals surface area (Å²) in [5.41, 5.74) is 6.62. The molecule has 1 aromatic rings. The monoisotopic (exact) mass is 416 g/mol. The SMILES string of the molecule is CCC1NNC(S(=O)(=O)N2CCN(c3ccccc3Cl)CC2)C1C(=O)OC. The Bertz CT molecular complexity index is 783. The minimum absolute atomic E-state index is 0.290. The van der Waals surface area contributed by atoms with Gasteiger partial charge < -0.3 is 9.64 Å². The number of methoxy groups -OCH3 is 1. The van der Waals surface area contributed by atoms with Gasteiger partial charge in [-0.3, -0.25) is 10.2 Å². The molecule has 1 aromatic carbocycles. The Balaban J connectivity index is 1.73. The average Bonchev–Trinajstić information content (AvgIpc) is 3.13. The largest absolute Gasteiger partial charge is 0.469 e. The molecule has 0 saturated carbocycles. The van der Waals surface area contributed by atoms with Gasteiger partial charge in [0.15, 0.2) is 5.37 Å². The first-order valence-electron chi connectivity index (χ1n) is 8.97. The van der Waals surface area contributed by atoms with Crippen LogP contribution in [-0.2, 0) is 19.6 Å². The number of nitrogens with zero attached hydrogens (tertiary/aromatic N) is 2. The van der Waals surface area contributed by atoms with Gasteiger partial charge in [-0.15, -0.1) is 0 Å². The molecule has 8 nitrogen and oxygen atoms in total. The molecule has 2 saturated heterocycles. The van der Waals surface area contributed by atoms with E-state index in [1.165, 1.54) is 11.4 Å². The quantitative estimate of drug-likeness (QED) is 0.686. The van der Waals surface area contributed by atoms with Crippen molar-refractivity contribution in [1.82, 2.24) is 15.2 Å². The van der Waals surface area contributed by atoms with Crippen LogP contribution in [0, 0.1) is 5.92 Å². The summed E-state index contributed by atoms with van der Waals surface area (Å²) in [5, 5.41) is -0.395. The summed E-state index contributed by atoms with van der Waals surface area (Å²) in [6.45, 7) is 3.62. The summed E-state index contributed by atoms with van der Waals surface area (Å²) >= 11 is 6.25. The third kappa shape index (κ3) is 3.93. The van der Waals surface area contributed by atoms with E-state index in [1.807, 2.05) is 31.2 Å². The van der Waals surface area contributed by atoms with Crippen molar-refractivity contribution in [1.29, 1.82) is 0 Å². The van der Waals surface area contributed by atoms with Gasteiger partial charge in [0, 0.05) is 32.2 Å². The third-order valence-electron chi connectivity index (χ3n) is 5.20. The molecule has 0 aromatic heterocycles. The van der Waals surface area contributed by atoms with Gasteiger partial charge in [0.25, 0.3) is 0 Å². The van der Waals surface area contributed by atoms with Gasteiger partial charge in [-0.2, -0.15) is 4.31 Å². The van der Waals surface area contributed by atoms with Crippen LogP contribution in [0.4, 0.5) is 5.69 Å². The van der Waals surface area contributed by atoms with E-state index in [4.69, 9.17) is 16.3 Å². The minimum atomic E-state index is -3.73. The number of anilines is 1. The second kappa shape index (κ2) is 8.32. The van der Waals surface area contributed by atoms with Gasteiger partial charge in [0.2, 0.25) is 10.0 Å². The van der Waals surface area contributed by atoms with Crippen molar-refractivity contribution in [3.63, 3.8) is 0 Å². The lowest BCUT2D eigenvalue weighted by Crippen LogP contribution is -2.55. The van der Waals surface area contributed by atoms with Crippen molar-refractivity contribution < 1.29 is 17.9 Å². The van der Waals surface area contributed by atoms with E-state index in [0.29, 0.717) is 37.6 Å². The number of ether oxygens (including phenoxy) is 1. The van der Waals surface area contributed by atoms with Crippen LogP contribution in [0.1, 0.15) is 13.3 Å². The Labute approximate surface area is 164 Å². The molecular weight excluding hydrogens is 392 g/mol. The molecule has 2 aliphatic rings. The van der Waals surface area contributed by atoms with Crippen LogP contribution < -0.4 is 15.8 Å². The van der Waals surface area contributed by atoms with Crippen molar-refractivity contribution in [3.8, 4) is 0 Å². The number of hydrogen-bond donors (Lipinski definition) is 2. The molecule has 0 aliphatic carbocycles. The molecule has 10 heteroatoms. The molecule has 3 rings (SSSR count). The molecule has 0 radical (unpaired) electrons. The van der Waals surface area contributed by atoms with Crippen LogP contribution in [0.25, 0.3) is 0 Å². The summed E-state index contributed by atoms with van der Waals surface area (Å²) in [6.07, 6.45) is 0.610. The number of halogens is 1. The van der Waals surface area contributed by atoms with Crippen molar-refractivity contribution >= 4 is 33.3 Å². The summed E-state index contributed by atoms with van der Waals surface area (Å²) in [5.74, 6) is -1.31. The first kappa shape index (κ1) is 20.3. The molecule has 27 heavy (non-hydrogen) atoms. The lowest BCUT2D eigenvalue weighted by Gasteiger charge is -2.37. The van der Waals surface area contributed by atoms with Crippen LogP contribution in [0.2, 0.25) is 5.02 Å². The number of piperazine rings is 1. The lowest BCUT2D eigenvalue weighted by molar-refractivity contribution is -0.145. The van der Waals surface area contributed by atoms with Gasteiger partial charge in [0.1, 0.15) is 5.92 Å². The number of hydrogen-bond acceptors (Lipinski definition) is 7. The Hall–Kier alpha value is -1.39. The average molecular weight is 417 g/mol. The fourth-order valence-corrected chi connectivity index (χ4v) is 5.81. The number of carbonyl (C=O) groups excluding carboxylic acids is 1. The van der Waals surface area contributed by atoms with E-state index < -0.39 is 27.3 Å². The molecule has 150 valence electrons. The Morgan fingerprint density at radius 1 is 1.22 bits per heavy atom. The number of nitrogens with one attached hydrogen (secondary N) is 2. The Kier molecular flexibility index (Phi) is 6.27. The number of rotatable bonds is 5. The summed E-state index contributed by atoms with van der Waals surface area (Å²) in [4.78, 5) is 14.3. The zero-order valence-electron chi connectivity index (χ0n) is 15.4. The molecule has 2 fully saturated rings. The maximum atomic E-state index is 13.2. The van der Waals surface area contributed by atoms with Crippen molar-refractivity contribution in [3.05, 3.63) is 29.3 Å². The fourth-order valence-electron chi connectivity index (χ4n) is 3.67. The highest BCUT2D eigenvalue weighted by atomic mass is 35.5. The molecule has 2 heterocycles. The lowest BCUT2D eigenvalue weighted by atomic mass is 10.00. The minimum Gasteiger partial charge on any atom is -0.469 e. The van der Waals surface area contributed by atoms with Crippen LogP contribution in [0.5, 0.6) is 0 Å².